The minimum atomic E-state index is -0.279. The second-order valence-corrected chi connectivity index (χ2v) is 6.83. The van der Waals surface area contributed by atoms with Crippen LogP contribution in [0.3, 0.4) is 0 Å². The lowest BCUT2D eigenvalue weighted by Gasteiger charge is -2.08. The Morgan fingerprint density at radius 2 is 1.45 bits per heavy atom. The summed E-state index contributed by atoms with van der Waals surface area (Å²) in [6.07, 6.45) is 3.15. The second-order valence-electron chi connectivity index (χ2n) is 6.83. The van der Waals surface area contributed by atoms with Crippen molar-refractivity contribution in [3.63, 3.8) is 0 Å². The van der Waals surface area contributed by atoms with Crippen LogP contribution < -0.4 is 20.1 Å². The molecule has 158 valence electrons. The van der Waals surface area contributed by atoms with Crippen LogP contribution in [0.4, 0.5) is 11.4 Å². The van der Waals surface area contributed by atoms with Crippen molar-refractivity contribution in [3.8, 4) is 11.5 Å². The third-order valence-corrected chi connectivity index (χ3v) is 4.56. The fraction of sp³-hybridized carbons (Fsp3) is 0.120. The van der Waals surface area contributed by atoms with Crippen LogP contribution in [0, 0.1) is 6.92 Å². The first-order chi connectivity index (χ1) is 15.0. The lowest BCUT2D eigenvalue weighted by atomic mass is 10.1. The fourth-order valence-electron chi connectivity index (χ4n) is 2.92. The first kappa shape index (κ1) is 21.6. The van der Waals surface area contributed by atoms with Gasteiger partial charge in [-0.2, -0.15) is 0 Å². The minimum absolute atomic E-state index is 0.241. The molecule has 0 aliphatic rings. The maximum atomic E-state index is 12.4. The number of anilines is 2. The summed E-state index contributed by atoms with van der Waals surface area (Å²) in [5, 5.41) is 5.60. The largest absolute Gasteiger partial charge is 0.497 e. The number of methoxy groups -OCH3 is 2. The highest BCUT2D eigenvalue weighted by Crippen LogP contribution is 2.21. The van der Waals surface area contributed by atoms with Crippen molar-refractivity contribution in [2.45, 2.75) is 6.92 Å². The van der Waals surface area contributed by atoms with Gasteiger partial charge in [-0.15, -0.1) is 0 Å². The van der Waals surface area contributed by atoms with E-state index in [1.807, 2.05) is 25.1 Å². The van der Waals surface area contributed by atoms with Gasteiger partial charge in [-0.05, 0) is 73.7 Å². The first-order valence-electron chi connectivity index (χ1n) is 9.67. The molecule has 0 saturated carbocycles. The first-order valence-corrected chi connectivity index (χ1v) is 9.67. The van der Waals surface area contributed by atoms with Gasteiger partial charge in [0.2, 0.25) is 5.91 Å². The van der Waals surface area contributed by atoms with Gasteiger partial charge < -0.3 is 20.1 Å². The van der Waals surface area contributed by atoms with Crippen LogP contribution >= 0.6 is 0 Å². The average molecular weight is 416 g/mol. The van der Waals surface area contributed by atoms with Crippen molar-refractivity contribution in [2.75, 3.05) is 24.9 Å². The second kappa shape index (κ2) is 10.1. The zero-order chi connectivity index (χ0) is 22.2. The molecule has 0 bridgehead atoms. The van der Waals surface area contributed by atoms with Crippen molar-refractivity contribution in [3.05, 3.63) is 89.5 Å². The number of aryl methyl sites for hydroxylation is 1. The molecule has 0 aromatic heterocycles. The van der Waals surface area contributed by atoms with Gasteiger partial charge in [-0.1, -0.05) is 11.6 Å². The molecule has 0 heterocycles. The van der Waals surface area contributed by atoms with E-state index in [-0.39, 0.29) is 11.8 Å². The van der Waals surface area contributed by atoms with Crippen LogP contribution in [0.2, 0.25) is 0 Å². The van der Waals surface area contributed by atoms with Crippen molar-refractivity contribution in [1.82, 2.24) is 0 Å². The third-order valence-electron chi connectivity index (χ3n) is 4.56. The van der Waals surface area contributed by atoms with E-state index in [9.17, 15) is 9.59 Å². The van der Waals surface area contributed by atoms with Crippen LogP contribution in [0.25, 0.3) is 6.08 Å². The summed E-state index contributed by atoms with van der Waals surface area (Å²) in [4.78, 5) is 24.7. The van der Waals surface area contributed by atoms with E-state index in [2.05, 4.69) is 10.6 Å². The summed E-state index contributed by atoms with van der Waals surface area (Å²) in [6, 6.07) is 19.5. The number of nitrogens with one attached hydrogen (secondary N) is 2. The molecule has 0 radical (unpaired) electrons. The summed E-state index contributed by atoms with van der Waals surface area (Å²) in [5.41, 5.74) is 3.63. The van der Waals surface area contributed by atoms with Gasteiger partial charge >= 0.3 is 0 Å². The molecule has 3 aromatic carbocycles. The number of carbonyl (C=O) groups excluding carboxylic acids is 2. The summed E-state index contributed by atoms with van der Waals surface area (Å²) in [5.74, 6) is 0.892. The van der Waals surface area contributed by atoms with Crippen LogP contribution in [-0.2, 0) is 4.79 Å². The molecule has 0 spiro atoms. The Labute approximate surface area is 181 Å². The summed E-state index contributed by atoms with van der Waals surface area (Å²) < 4.78 is 10.4. The SMILES string of the molecule is COc1ccc(NC(=O)c2ccc(NC(=O)/C=C/c3cc(C)ccc3OC)cc2)cc1. The highest BCUT2D eigenvalue weighted by molar-refractivity contribution is 6.05. The van der Waals surface area contributed by atoms with E-state index in [0.29, 0.717) is 28.4 Å². The van der Waals surface area contributed by atoms with Crippen LogP contribution in [0.1, 0.15) is 21.5 Å². The molecule has 0 aliphatic heterocycles. The number of hydrogen-bond donors (Lipinski definition) is 2. The smallest absolute Gasteiger partial charge is 0.255 e. The van der Waals surface area contributed by atoms with Gasteiger partial charge in [0.25, 0.3) is 5.91 Å². The number of amides is 2. The molecule has 0 atom stereocenters. The molecular weight excluding hydrogens is 392 g/mol. The molecule has 6 nitrogen and oxygen atoms in total. The number of rotatable bonds is 7. The van der Waals surface area contributed by atoms with Gasteiger partial charge in [0.05, 0.1) is 14.2 Å². The van der Waals surface area contributed by atoms with Crippen molar-refractivity contribution < 1.29 is 19.1 Å². The van der Waals surface area contributed by atoms with E-state index in [1.165, 1.54) is 6.08 Å². The lowest BCUT2D eigenvalue weighted by molar-refractivity contribution is -0.111. The predicted octanol–water partition coefficient (Wildman–Crippen LogP) is 4.92. The average Bonchev–Trinajstić information content (AvgIpc) is 2.78. The molecule has 0 unspecified atom stereocenters. The molecule has 31 heavy (non-hydrogen) atoms. The van der Waals surface area contributed by atoms with Crippen molar-refractivity contribution in [2.24, 2.45) is 0 Å². The summed E-state index contributed by atoms with van der Waals surface area (Å²) in [7, 11) is 3.18. The Balaban J connectivity index is 1.60. The quantitative estimate of drug-likeness (QED) is 0.536. The van der Waals surface area contributed by atoms with Crippen LogP contribution in [0.15, 0.2) is 72.8 Å². The molecule has 0 fully saturated rings. The Bertz CT molecular complexity index is 1090. The molecule has 0 saturated heterocycles. The van der Waals surface area contributed by atoms with Gasteiger partial charge in [0.15, 0.2) is 0 Å². The predicted molar refractivity (Wildman–Crippen MR) is 123 cm³/mol. The summed E-state index contributed by atoms with van der Waals surface area (Å²) >= 11 is 0. The highest BCUT2D eigenvalue weighted by atomic mass is 16.5. The van der Waals surface area contributed by atoms with Gasteiger partial charge in [-0.3, -0.25) is 9.59 Å². The third kappa shape index (κ3) is 5.96. The maximum absolute atomic E-state index is 12.4. The molecule has 3 rings (SSSR count). The van der Waals surface area contributed by atoms with Gasteiger partial charge in [0.1, 0.15) is 11.5 Å². The summed E-state index contributed by atoms with van der Waals surface area (Å²) in [6.45, 7) is 1.98. The highest BCUT2D eigenvalue weighted by Gasteiger charge is 2.07. The standard InChI is InChI=1S/C25H24N2O4/c1-17-4-14-23(31-3)19(16-17)7-15-24(28)26-20-8-5-18(6-9-20)25(29)27-21-10-12-22(30-2)13-11-21/h4-16H,1-3H3,(H,26,28)(H,27,29)/b15-7+. The van der Waals surface area contributed by atoms with Gasteiger partial charge in [0, 0.05) is 28.6 Å². The minimum Gasteiger partial charge on any atom is -0.497 e. The van der Waals surface area contributed by atoms with E-state index in [0.717, 1.165) is 11.1 Å². The fourth-order valence-corrected chi connectivity index (χ4v) is 2.92. The maximum Gasteiger partial charge on any atom is 0.255 e. The number of carbonyl (C=O) groups is 2. The molecule has 2 amide bonds. The topological polar surface area (TPSA) is 76.7 Å². The molecule has 6 heteroatoms. The Kier molecular flexibility index (Phi) is 7.06. The zero-order valence-electron chi connectivity index (χ0n) is 17.6. The Morgan fingerprint density at radius 1 is 0.806 bits per heavy atom. The number of benzene rings is 3. The van der Waals surface area contributed by atoms with E-state index < -0.39 is 0 Å². The van der Waals surface area contributed by atoms with E-state index in [1.54, 1.807) is 68.8 Å². The van der Waals surface area contributed by atoms with E-state index >= 15 is 0 Å². The van der Waals surface area contributed by atoms with E-state index in [4.69, 9.17) is 9.47 Å². The number of ether oxygens (including phenoxy) is 2. The number of hydrogen-bond acceptors (Lipinski definition) is 4. The zero-order valence-corrected chi connectivity index (χ0v) is 17.6. The Hall–Kier alpha value is -4.06. The van der Waals surface area contributed by atoms with Gasteiger partial charge in [-0.25, -0.2) is 0 Å². The molecular formula is C25H24N2O4. The van der Waals surface area contributed by atoms with Crippen LogP contribution in [0.5, 0.6) is 11.5 Å². The normalized spacial score (nSPS) is 10.5. The molecule has 0 aliphatic carbocycles. The van der Waals surface area contributed by atoms with Crippen molar-refractivity contribution in [1.29, 1.82) is 0 Å². The van der Waals surface area contributed by atoms with Crippen LogP contribution in [-0.4, -0.2) is 26.0 Å². The lowest BCUT2D eigenvalue weighted by Crippen LogP contribution is -2.12. The molecule has 2 N–H and O–H groups in total. The van der Waals surface area contributed by atoms with Crippen molar-refractivity contribution >= 4 is 29.3 Å². The molecule has 3 aromatic rings. The monoisotopic (exact) mass is 416 g/mol. The Morgan fingerprint density at radius 3 is 2.10 bits per heavy atom.